The Kier molecular flexibility index (Phi) is 5.22. The Morgan fingerprint density at radius 1 is 1.35 bits per heavy atom. The Hall–Kier alpha value is -0.330. The average molecular weight is 336 g/mol. The van der Waals surface area contributed by atoms with E-state index in [0.29, 0.717) is 5.56 Å². The minimum absolute atomic E-state index is 0.205. The van der Waals surface area contributed by atoms with Crippen molar-refractivity contribution in [3.8, 4) is 0 Å². The molecule has 96 valence electrons. The molecule has 0 saturated carbocycles. The Bertz CT molecular complexity index is 383. The standard InChI is InChI=1S/C10H8BrClF4O/c11-7-3-6(1-2-9(7)13)8(12)4-17-5-10(14,15)16/h1-3,8H,4-5H2. The molecule has 0 spiro atoms. The van der Waals surface area contributed by atoms with Crippen LogP contribution in [0.5, 0.6) is 0 Å². The molecule has 0 amide bonds. The molecule has 0 radical (unpaired) electrons. The smallest absolute Gasteiger partial charge is 0.370 e. The number of hydrogen-bond acceptors (Lipinski definition) is 1. The summed E-state index contributed by atoms with van der Waals surface area (Å²) >= 11 is 8.78. The second kappa shape index (κ2) is 6.02. The minimum atomic E-state index is -4.38. The van der Waals surface area contributed by atoms with Gasteiger partial charge in [-0.2, -0.15) is 13.2 Å². The molecule has 1 unspecified atom stereocenters. The first kappa shape index (κ1) is 14.7. The summed E-state index contributed by atoms with van der Waals surface area (Å²) in [5.41, 5.74) is 0.488. The van der Waals surface area contributed by atoms with E-state index in [1.807, 2.05) is 0 Å². The SMILES string of the molecule is Fc1ccc(C(Cl)COCC(F)(F)F)cc1Br. The van der Waals surface area contributed by atoms with E-state index in [4.69, 9.17) is 11.6 Å². The number of alkyl halides is 4. The highest BCUT2D eigenvalue weighted by molar-refractivity contribution is 9.10. The van der Waals surface area contributed by atoms with E-state index < -0.39 is 24.0 Å². The molecule has 0 N–H and O–H groups in total. The van der Waals surface area contributed by atoms with Gasteiger partial charge >= 0.3 is 6.18 Å². The molecule has 0 aromatic heterocycles. The van der Waals surface area contributed by atoms with E-state index in [1.165, 1.54) is 18.2 Å². The highest BCUT2D eigenvalue weighted by atomic mass is 79.9. The lowest BCUT2D eigenvalue weighted by Gasteiger charge is -2.12. The maximum absolute atomic E-state index is 12.9. The number of benzene rings is 1. The molecular formula is C10H8BrClF4O. The van der Waals surface area contributed by atoms with Crippen molar-refractivity contribution >= 4 is 27.5 Å². The number of halogens is 6. The van der Waals surface area contributed by atoms with Gasteiger partial charge in [0.05, 0.1) is 16.5 Å². The van der Waals surface area contributed by atoms with E-state index in [2.05, 4.69) is 20.7 Å². The largest absolute Gasteiger partial charge is 0.411 e. The molecule has 0 bridgehead atoms. The summed E-state index contributed by atoms with van der Waals surface area (Å²) < 4.78 is 52.9. The third-order valence-electron chi connectivity index (χ3n) is 1.84. The van der Waals surface area contributed by atoms with Gasteiger partial charge in [-0.05, 0) is 33.6 Å². The highest BCUT2D eigenvalue weighted by Gasteiger charge is 2.27. The van der Waals surface area contributed by atoms with Gasteiger partial charge in [-0.25, -0.2) is 4.39 Å². The first-order chi connectivity index (χ1) is 7.79. The van der Waals surface area contributed by atoms with E-state index in [9.17, 15) is 17.6 Å². The first-order valence-corrected chi connectivity index (χ1v) is 5.76. The van der Waals surface area contributed by atoms with Crippen molar-refractivity contribution < 1.29 is 22.3 Å². The summed E-state index contributed by atoms with van der Waals surface area (Å²) in [4.78, 5) is 0. The first-order valence-electron chi connectivity index (χ1n) is 4.53. The molecule has 0 fully saturated rings. The van der Waals surface area contributed by atoms with E-state index >= 15 is 0 Å². The summed E-state index contributed by atoms with van der Waals surface area (Å²) in [6.07, 6.45) is -4.38. The van der Waals surface area contributed by atoms with Crippen molar-refractivity contribution in [3.63, 3.8) is 0 Å². The fraction of sp³-hybridized carbons (Fsp3) is 0.400. The summed E-state index contributed by atoms with van der Waals surface area (Å²) in [7, 11) is 0. The van der Waals surface area contributed by atoms with Crippen molar-refractivity contribution in [3.05, 3.63) is 34.1 Å². The number of ether oxygens (including phenoxy) is 1. The minimum Gasteiger partial charge on any atom is -0.370 e. The molecule has 1 nitrogen and oxygen atoms in total. The molecule has 1 aromatic carbocycles. The van der Waals surface area contributed by atoms with Crippen LogP contribution in [-0.4, -0.2) is 19.4 Å². The van der Waals surface area contributed by atoms with Crippen molar-refractivity contribution in [2.75, 3.05) is 13.2 Å². The molecule has 0 aliphatic rings. The van der Waals surface area contributed by atoms with E-state index in [1.54, 1.807) is 0 Å². The molecular weight excluding hydrogens is 327 g/mol. The van der Waals surface area contributed by atoms with Crippen LogP contribution in [0.25, 0.3) is 0 Å². The highest BCUT2D eigenvalue weighted by Crippen LogP contribution is 2.26. The molecule has 0 heterocycles. The van der Waals surface area contributed by atoms with Crippen molar-refractivity contribution in [2.45, 2.75) is 11.6 Å². The third kappa shape index (κ3) is 5.23. The van der Waals surface area contributed by atoms with Gasteiger partial charge in [-0.15, -0.1) is 11.6 Å². The molecule has 17 heavy (non-hydrogen) atoms. The van der Waals surface area contributed by atoms with Crippen LogP contribution < -0.4 is 0 Å². The van der Waals surface area contributed by atoms with Gasteiger partial charge in [0.1, 0.15) is 12.4 Å². The summed E-state index contributed by atoms with van der Waals surface area (Å²) in [6.45, 7) is -1.64. The Labute approximate surface area is 109 Å². The van der Waals surface area contributed by atoms with Crippen LogP contribution >= 0.6 is 27.5 Å². The van der Waals surface area contributed by atoms with Gasteiger partial charge in [0.25, 0.3) is 0 Å². The molecule has 1 aromatic rings. The van der Waals surface area contributed by atoms with Crippen molar-refractivity contribution in [2.24, 2.45) is 0 Å². The van der Waals surface area contributed by atoms with Crippen LogP contribution in [0.15, 0.2) is 22.7 Å². The summed E-state index contributed by atoms with van der Waals surface area (Å²) in [6, 6.07) is 3.98. The lowest BCUT2D eigenvalue weighted by atomic mass is 10.1. The van der Waals surface area contributed by atoms with Gasteiger partial charge in [-0.3, -0.25) is 0 Å². The predicted molar refractivity (Wildman–Crippen MR) is 59.6 cm³/mol. The monoisotopic (exact) mass is 334 g/mol. The fourth-order valence-corrected chi connectivity index (χ4v) is 1.70. The van der Waals surface area contributed by atoms with E-state index in [-0.39, 0.29) is 11.1 Å². The van der Waals surface area contributed by atoms with Crippen molar-refractivity contribution in [1.29, 1.82) is 0 Å². The van der Waals surface area contributed by atoms with Crippen LogP contribution in [0.1, 0.15) is 10.9 Å². The van der Waals surface area contributed by atoms with Gasteiger partial charge in [0, 0.05) is 0 Å². The second-order valence-corrected chi connectivity index (χ2v) is 4.65. The lowest BCUT2D eigenvalue weighted by molar-refractivity contribution is -0.173. The molecule has 0 saturated heterocycles. The van der Waals surface area contributed by atoms with Crippen LogP contribution in [0.2, 0.25) is 0 Å². The Morgan fingerprint density at radius 2 is 2.00 bits per heavy atom. The molecule has 0 aliphatic heterocycles. The van der Waals surface area contributed by atoms with Crippen molar-refractivity contribution in [1.82, 2.24) is 0 Å². The fourth-order valence-electron chi connectivity index (χ4n) is 1.08. The number of rotatable bonds is 4. The molecule has 7 heteroatoms. The zero-order chi connectivity index (χ0) is 13.1. The predicted octanol–water partition coefficient (Wildman–Crippen LogP) is 4.45. The zero-order valence-corrected chi connectivity index (χ0v) is 10.7. The topological polar surface area (TPSA) is 9.23 Å². The van der Waals surface area contributed by atoms with Gasteiger partial charge in [0.2, 0.25) is 0 Å². The maximum Gasteiger partial charge on any atom is 0.411 e. The summed E-state index contributed by atoms with van der Waals surface area (Å²) in [5.74, 6) is -0.464. The Balaban J connectivity index is 2.52. The van der Waals surface area contributed by atoms with Gasteiger partial charge < -0.3 is 4.74 Å². The molecule has 0 aliphatic carbocycles. The van der Waals surface area contributed by atoms with Crippen LogP contribution in [0, 0.1) is 5.82 Å². The normalized spacial score (nSPS) is 13.8. The van der Waals surface area contributed by atoms with Gasteiger partial charge in [-0.1, -0.05) is 6.07 Å². The average Bonchev–Trinajstić information content (AvgIpc) is 2.20. The quantitative estimate of drug-likeness (QED) is 0.583. The van der Waals surface area contributed by atoms with E-state index in [0.717, 1.165) is 0 Å². The lowest BCUT2D eigenvalue weighted by Crippen LogP contribution is -2.18. The second-order valence-electron chi connectivity index (χ2n) is 3.27. The Morgan fingerprint density at radius 3 is 2.53 bits per heavy atom. The van der Waals surface area contributed by atoms with Crippen LogP contribution in [0.3, 0.4) is 0 Å². The maximum atomic E-state index is 12.9. The zero-order valence-electron chi connectivity index (χ0n) is 8.40. The number of hydrogen-bond donors (Lipinski definition) is 0. The summed E-state index contributed by atoms with van der Waals surface area (Å²) in [5, 5.41) is -0.755. The van der Waals surface area contributed by atoms with Gasteiger partial charge in [0.15, 0.2) is 0 Å². The van der Waals surface area contributed by atoms with Crippen LogP contribution in [0.4, 0.5) is 17.6 Å². The molecule has 1 rings (SSSR count). The molecule has 1 atom stereocenters. The van der Waals surface area contributed by atoms with Crippen LogP contribution in [-0.2, 0) is 4.74 Å². The third-order valence-corrected chi connectivity index (χ3v) is 2.82.